The standard InChI is InChI=1S/C30H53NO3S/c1-2-3-4-5-6-7-8-9-10-11-12-13-14-15-16-17-26-35-27-18-19-30(33)31-24-25-34-29-22-20-28(32)21-23-29/h20-23,32H,2-19,24-27H2,1H3,(H,31,33). The SMILES string of the molecule is CCCCCCCCCCCCCCCCCCSCCCC(=O)NCCOc1ccc(O)cc1. The van der Waals surface area contributed by atoms with Crippen LogP contribution in [0.15, 0.2) is 24.3 Å². The van der Waals surface area contributed by atoms with Crippen molar-refractivity contribution in [3.8, 4) is 11.5 Å². The number of ether oxygens (including phenoxy) is 1. The molecule has 0 radical (unpaired) electrons. The van der Waals surface area contributed by atoms with Crippen LogP contribution in [-0.2, 0) is 4.79 Å². The van der Waals surface area contributed by atoms with Gasteiger partial charge in [-0.3, -0.25) is 4.79 Å². The van der Waals surface area contributed by atoms with Gasteiger partial charge in [-0.15, -0.1) is 0 Å². The molecule has 5 heteroatoms. The first-order valence-corrected chi connectivity index (χ1v) is 15.6. The van der Waals surface area contributed by atoms with Crippen molar-refractivity contribution < 1.29 is 14.6 Å². The molecule has 1 aromatic rings. The minimum atomic E-state index is 0.0994. The van der Waals surface area contributed by atoms with E-state index < -0.39 is 0 Å². The molecule has 202 valence electrons. The Balaban J connectivity index is 1.72. The van der Waals surface area contributed by atoms with Crippen LogP contribution in [0.25, 0.3) is 0 Å². The average molecular weight is 508 g/mol. The van der Waals surface area contributed by atoms with E-state index in [1.165, 1.54) is 108 Å². The Kier molecular flexibility index (Phi) is 22.0. The van der Waals surface area contributed by atoms with Crippen molar-refractivity contribution in [2.45, 2.75) is 122 Å². The topological polar surface area (TPSA) is 58.6 Å². The Labute approximate surface area is 220 Å². The Bertz CT molecular complexity index is 594. The smallest absolute Gasteiger partial charge is 0.220 e. The molecule has 0 atom stereocenters. The zero-order valence-electron chi connectivity index (χ0n) is 22.5. The summed E-state index contributed by atoms with van der Waals surface area (Å²) in [5.74, 6) is 3.31. The second-order valence-corrected chi connectivity index (χ2v) is 10.9. The van der Waals surface area contributed by atoms with Gasteiger partial charge in [0.25, 0.3) is 0 Å². The lowest BCUT2D eigenvalue weighted by atomic mass is 10.0. The van der Waals surface area contributed by atoms with Gasteiger partial charge in [0.15, 0.2) is 0 Å². The minimum absolute atomic E-state index is 0.0994. The quantitative estimate of drug-likeness (QED) is 0.130. The minimum Gasteiger partial charge on any atom is -0.508 e. The predicted molar refractivity (Wildman–Crippen MR) is 153 cm³/mol. The van der Waals surface area contributed by atoms with Gasteiger partial charge < -0.3 is 15.2 Å². The van der Waals surface area contributed by atoms with Gasteiger partial charge in [-0.25, -0.2) is 0 Å². The maximum absolute atomic E-state index is 11.9. The van der Waals surface area contributed by atoms with Gasteiger partial charge in [0.2, 0.25) is 5.91 Å². The molecule has 0 bridgehead atoms. The third kappa shape index (κ3) is 21.6. The number of phenolic OH excluding ortho intramolecular Hbond substituents is 1. The van der Waals surface area contributed by atoms with Crippen LogP contribution in [0, 0.1) is 0 Å². The molecule has 35 heavy (non-hydrogen) atoms. The molecule has 0 aliphatic rings. The number of thioether (sulfide) groups is 1. The summed E-state index contributed by atoms with van der Waals surface area (Å²) in [5.41, 5.74) is 0. The summed E-state index contributed by atoms with van der Waals surface area (Å²) in [5, 5.41) is 12.1. The number of amides is 1. The highest BCUT2D eigenvalue weighted by atomic mass is 32.2. The molecule has 0 aliphatic heterocycles. The Hall–Kier alpha value is -1.36. The highest BCUT2D eigenvalue weighted by Crippen LogP contribution is 2.16. The number of aromatic hydroxyl groups is 1. The van der Waals surface area contributed by atoms with E-state index in [0.29, 0.717) is 25.3 Å². The van der Waals surface area contributed by atoms with Crippen LogP contribution in [-0.4, -0.2) is 35.7 Å². The van der Waals surface area contributed by atoms with Crippen molar-refractivity contribution >= 4 is 17.7 Å². The van der Waals surface area contributed by atoms with E-state index in [1.54, 1.807) is 24.3 Å². The zero-order valence-corrected chi connectivity index (χ0v) is 23.4. The number of unbranched alkanes of at least 4 members (excludes halogenated alkanes) is 15. The molecule has 0 fully saturated rings. The predicted octanol–water partition coefficient (Wildman–Crippen LogP) is 8.66. The summed E-state index contributed by atoms with van der Waals surface area (Å²) in [4.78, 5) is 11.9. The summed E-state index contributed by atoms with van der Waals surface area (Å²) in [7, 11) is 0. The van der Waals surface area contributed by atoms with Crippen molar-refractivity contribution in [1.82, 2.24) is 5.32 Å². The average Bonchev–Trinajstić information content (AvgIpc) is 2.86. The molecule has 1 amide bonds. The molecule has 0 saturated heterocycles. The van der Waals surface area contributed by atoms with Gasteiger partial charge in [-0.1, -0.05) is 103 Å². The van der Waals surface area contributed by atoms with E-state index in [2.05, 4.69) is 12.2 Å². The number of hydrogen-bond acceptors (Lipinski definition) is 4. The summed E-state index contributed by atoms with van der Waals surface area (Å²) >= 11 is 1.98. The van der Waals surface area contributed by atoms with Crippen molar-refractivity contribution in [3.05, 3.63) is 24.3 Å². The third-order valence-electron chi connectivity index (χ3n) is 6.36. The van der Waals surface area contributed by atoms with Crippen molar-refractivity contribution in [3.63, 3.8) is 0 Å². The first-order chi connectivity index (χ1) is 17.2. The largest absolute Gasteiger partial charge is 0.508 e. The molecular formula is C30H53NO3S. The van der Waals surface area contributed by atoms with E-state index >= 15 is 0 Å². The fraction of sp³-hybridized carbons (Fsp3) is 0.767. The number of rotatable bonds is 25. The van der Waals surface area contributed by atoms with Gasteiger partial charge in [-0.2, -0.15) is 11.8 Å². The first kappa shape index (κ1) is 31.7. The number of carbonyl (C=O) groups is 1. The first-order valence-electron chi connectivity index (χ1n) is 14.5. The Morgan fingerprint density at radius 2 is 1.23 bits per heavy atom. The molecule has 1 aromatic carbocycles. The number of phenols is 1. The van der Waals surface area contributed by atoms with Crippen LogP contribution < -0.4 is 10.1 Å². The van der Waals surface area contributed by atoms with Crippen molar-refractivity contribution in [2.75, 3.05) is 24.7 Å². The lowest BCUT2D eigenvalue weighted by Crippen LogP contribution is -2.27. The van der Waals surface area contributed by atoms with E-state index in [1.807, 2.05) is 11.8 Å². The number of carbonyl (C=O) groups excluding carboxylic acids is 1. The lowest BCUT2D eigenvalue weighted by Gasteiger charge is -2.08. The maximum Gasteiger partial charge on any atom is 0.220 e. The number of nitrogens with one attached hydrogen (secondary N) is 1. The van der Waals surface area contributed by atoms with Gasteiger partial charge in [0, 0.05) is 6.42 Å². The Morgan fingerprint density at radius 3 is 1.77 bits per heavy atom. The Morgan fingerprint density at radius 1 is 0.743 bits per heavy atom. The normalized spacial score (nSPS) is 11.0. The van der Waals surface area contributed by atoms with Gasteiger partial charge in [0.1, 0.15) is 18.1 Å². The number of benzene rings is 1. The highest BCUT2D eigenvalue weighted by molar-refractivity contribution is 7.99. The second-order valence-electron chi connectivity index (χ2n) is 9.71. The zero-order chi connectivity index (χ0) is 25.2. The fourth-order valence-electron chi connectivity index (χ4n) is 4.18. The summed E-state index contributed by atoms with van der Waals surface area (Å²) in [6.45, 7) is 3.23. The molecule has 0 heterocycles. The van der Waals surface area contributed by atoms with E-state index in [9.17, 15) is 9.90 Å². The van der Waals surface area contributed by atoms with Gasteiger partial charge >= 0.3 is 0 Å². The van der Waals surface area contributed by atoms with Gasteiger partial charge in [-0.05, 0) is 48.6 Å². The summed E-state index contributed by atoms with van der Waals surface area (Å²) in [6, 6.07) is 6.61. The van der Waals surface area contributed by atoms with Crippen molar-refractivity contribution in [2.24, 2.45) is 0 Å². The molecule has 2 N–H and O–H groups in total. The van der Waals surface area contributed by atoms with Crippen LogP contribution in [0.4, 0.5) is 0 Å². The highest BCUT2D eigenvalue weighted by Gasteiger charge is 2.01. The van der Waals surface area contributed by atoms with Crippen molar-refractivity contribution in [1.29, 1.82) is 0 Å². The van der Waals surface area contributed by atoms with E-state index in [4.69, 9.17) is 4.74 Å². The van der Waals surface area contributed by atoms with Crippen LogP contribution in [0.3, 0.4) is 0 Å². The number of hydrogen-bond donors (Lipinski definition) is 2. The summed E-state index contributed by atoms with van der Waals surface area (Å²) < 4.78 is 5.53. The molecular weight excluding hydrogens is 454 g/mol. The maximum atomic E-state index is 11.9. The molecule has 4 nitrogen and oxygen atoms in total. The third-order valence-corrected chi connectivity index (χ3v) is 7.52. The molecule has 0 saturated carbocycles. The van der Waals surface area contributed by atoms with Crippen LogP contribution in [0.2, 0.25) is 0 Å². The molecule has 0 aliphatic carbocycles. The van der Waals surface area contributed by atoms with E-state index in [0.717, 1.165) is 12.2 Å². The lowest BCUT2D eigenvalue weighted by molar-refractivity contribution is -0.121. The monoisotopic (exact) mass is 507 g/mol. The van der Waals surface area contributed by atoms with Crippen LogP contribution in [0.1, 0.15) is 122 Å². The molecule has 0 aromatic heterocycles. The van der Waals surface area contributed by atoms with E-state index in [-0.39, 0.29) is 11.7 Å². The molecule has 0 unspecified atom stereocenters. The fourth-order valence-corrected chi connectivity index (χ4v) is 5.14. The molecule has 0 spiro atoms. The second kappa shape index (κ2) is 24.3. The van der Waals surface area contributed by atoms with Crippen LogP contribution >= 0.6 is 11.8 Å². The molecule has 1 rings (SSSR count). The summed E-state index contributed by atoms with van der Waals surface area (Å²) in [6.07, 6.45) is 24.2. The van der Waals surface area contributed by atoms with Gasteiger partial charge in [0.05, 0.1) is 6.54 Å². The van der Waals surface area contributed by atoms with Crippen LogP contribution in [0.5, 0.6) is 11.5 Å².